The Hall–Kier alpha value is -9.32. The lowest BCUT2D eigenvalue weighted by Gasteiger charge is -2.35. The summed E-state index contributed by atoms with van der Waals surface area (Å²) in [7, 11) is 0. The molecule has 0 amide bonds. The molecule has 0 radical (unpaired) electrons. The first kappa shape index (κ1) is 44.0. The van der Waals surface area contributed by atoms with E-state index in [9.17, 15) is 0 Å². The molecular weight excluding hydrogens is 969 g/mol. The second kappa shape index (κ2) is 17.4. The minimum Gasteiger partial charge on any atom is -0.310 e. The first-order chi connectivity index (χ1) is 38.2. The normalized spacial score (nSPS) is 12.8. The molecule has 0 spiro atoms. The quantitative estimate of drug-likeness (QED) is 0.147. The number of hydrogen-bond donors (Lipinski definition) is 0. The predicted octanol–water partition coefficient (Wildman–Crippen LogP) is 20.7. The molecule has 0 unspecified atom stereocenters. The molecule has 16 rings (SSSR count). The van der Waals surface area contributed by atoms with Gasteiger partial charge in [-0.15, -0.1) is 22.7 Å². The van der Waals surface area contributed by atoms with Crippen molar-refractivity contribution in [2.24, 2.45) is 0 Å². The van der Waals surface area contributed by atoms with E-state index in [1.54, 1.807) is 0 Å². The number of hydrogen-bond acceptors (Lipinski definition) is 3. The fourth-order valence-corrected chi connectivity index (χ4v) is 15.2. The number of anilines is 3. The van der Waals surface area contributed by atoms with Gasteiger partial charge >= 0.3 is 0 Å². The molecule has 0 atom stereocenters. The molecular formula is C73H46N2S2. The van der Waals surface area contributed by atoms with Gasteiger partial charge in [-0.2, -0.15) is 0 Å². The third-order valence-corrected chi connectivity index (χ3v) is 18.6. The molecule has 0 aliphatic heterocycles. The smallest absolute Gasteiger partial charge is 0.0714 e. The Bertz CT molecular complexity index is 4740. The topological polar surface area (TPSA) is 8.17 Å². The van der Waals surface area contributed by atoms with Crippen LogP contribution in [0.4, 0.5) is 17.1 Å². The highest BCUT2D eigenvalue weighted by atomic mass is 32.1. The van der Waals surface area contributed by atoms with Gasteiger partial charge in [-0.3, -0.25) is 0 Å². The third kappa shape index (κ3) is 6.66. The Balaban J connectivity index is 0.895. The molecule has 2 nitrogen and oxygen atoms in total. The van der Waals surface area contributed by atoms with Gasteiger partial charge in [0.05, 0.1) is 16.4 Å². The van der Waals surface area contributed by atoms with Crippen LogP contribution in [-0.4, -0.2) is 4.57 Å². The maximum Gasteiger partial charge on any atom is 0.0714 e. The van der Waals surface area contributed by atoms with Crippen LogP contribution in [0, 0.1) is 0 Å². The van der Waals surface area contributed by atoms with E-state index in [0.717, 1.165) is 17.1 Å². The van der Waals surface area contributed by atoms with Crippen LogP contribution in [-0.2, 0) is 5.41 Å². The largest absolute Gasteiger partial charge is 0.310 e. The van der Waals surface area contributed by atoms with E-state index in [4.69, 9.17) is 0 Å². The van der Waals surface area contributed by atoms with E-state index in [2.05, 4.69) is 289 Å². The first-order valence-corrected chi connectivity index (χ1v) is 28.0. The van der Waals surface area contributed by atoms with E-state index in [1.165, 1.54) is 123 Å². The van der Waals surface area contributed by atoms with Crippen molar-refractivity contribution in [1.82, 2.24) is 4.57 Å². The zero-order valence-corrected chi connectivity index (χ0v) is 43.4. The summed E-state index contributed by atoms with van der Waals surface area (Å²) in [6.45, 7) is 0. The molecule has 360 valence electrons. The van der Waals surface area contributed by atoms with E-state index < -0.39 is 5.41 Å². The van der Waals surface area contributed by atoms with Crippen molar-refractivity contribution in [3.8, 4) is 39.1 Å². The van der Waals surface area contributed by atoms with Crippen molar-refractivity contribution in [2.45, 2.75) is 5.41 Å². The van der Waals surface area contributed by atoms with E-state index in [1.807, 2.05) is 22.7 Å². The van der Waals surface area contributed by atoms with Crippen molar-refractivity contribution >= 4 is 102 Å². The average Bonchev–Trinajstić information content (AvgIpc) is 4.46. The summed E-state index contributed by atoms with van der Waals surface area (Å²) < 4.78 is 7.74. The van der Waals surface area contributed by atoms with Crippen molar-refractivity contribution in [3.63, 3.8) is 0 Å². The van der Waals surface area contributed by atoms with Gasteiger partial charge in [-0.05, 0) is 129 Å². The van der Waals surface area contributed by atoms with Crippen LogP contribution >= 0.6 is 22.7 Å². The Morgan fingerprint density at radius 2 is 0.870 bits per heavy atom. The van der Waals surface area contributed by atoms with Crippen molar-refractivity contribution in [3.05, 3.63) is 301 Å². The van der Waals surface area contributed by atoms with E-state index in [0.29, 0.717) is 0 Å². The lowest BCUT2D eigenvalue weighted by atomic mass is 9.67. The maximum atomic E-state index is 2.53. The molecule has 1 aliphatic rings. The van der Waals surface area contributed by atoms with Crippen LogP contribution in [0.2, 0.25) is 0 Å². The second-order valence-corrected chi connectivity index (χ2v) is 22.4. The fourth-order valence-electron chi connectivity index (χ4n) is 12.9. The minimum atomic E-state index is -0.528. The number of para-hydroxylation sites is 1. The molecule has 0 saturated heterocycles. The van der Waals surface area contributed by atoms with Gasteiger partial charge in [0.25, 0.3) is 0 Å². The average molecular weight is 1020 g/mol. The summed E-state index contributed by atoms with van der Waals surface area (Å²) in [5.41, 5.74) is 18.8. The van der Waals surface area contributed by atoms with Gasteiger partial charge < -0.3 is 9.47 Å². The summed E-state index contributed by atoms with van der Waals surface area (Å²) in [6.07, 6.45) is 0. The van der Waals surface area contributed by atoms with Crippen molar-refractivity contribution in [2.75, 3.05) is 4.90 Å². The number of fused-ring (bicyclic) bond motifs is 13. The number of thiophene rings is 2. The van der Waals surface area contributed by atoms with Gasteiger partial charge in [0, 0.05) is 79.4 Å². The van der Waals surface area contributed by atoms with Gasteiger partial charge in [0.1, 0.15) is 0 Å². The molecule has 0 saturated carbocycles. The summed E-state index contributed by atoms with van der Waals surface area (Å²) in [4.78, 5) is 2.45. The van der Waals surface area contributed by atoms with Crippen LogP contribution in [0.5, 0.6) is 0 Å². The monoisotopic (exact) mass is 1010 g/mol. The highest BCUT2D eigenvalue weighted by molar-refractivity contribution is 7.26. The number of aromatic nitrogens is 1. The van der Waals surface area contributed by atoms with Crippen LogP contribution in [0.1, 0.15) is 22.3 Å². The van der Waals surface area contributed by atoms with Crippen molar-refractivity contribution < 1.29 is 0 Å². The van der Waals surface area contributed by atoms with Gasteiger partial charge in [0.2, 0.25) is 0 Å². The standard InChI is InChI=1S/C73H46N2S2/c1-4-18-47(19-5-1)48-32-36-52(37-33-48)74(55-40-42-57-56-24-10-14-28-64(56)73(65(57)45-55,50-20-6-2-7-21-50)51-22-8-3-9-23-51)53-38-34-49(35-39-53)61-46-63-58-25-11-15-29-66(58)75(71(63)70-60-27-13-17-31-68(60)77-72(61)70)54-41-43-69-62(44-54)59-26-12-16-30-67(59)76-69/h1-46H. The lowest BCUT2D eigenvalue weighted by molar-refractivity contribution is 0.768. The zero-order valence-electron chi connectivity index (χ0n) is 41.8. The molecule has 3 aromatic heterocycles. The molecule has 0 fully saturated rings. The first-order valence-electron chi connectivity index (χ1n) is 26.4. The Kier molecular flexibility index (Phi) is 9.93. The summed E-state index contributed by atoms with van der Waals surface area (Å²) in [5, 5.41) is 7.70. The lowest BCUT2D eigenvalue weighted by Crippen LogP contribution is -2.28. The van der Waals surface area contributed by atoms with Gasteiger partial charge in [-0.25, -0.2) is 0 Å². The fraction of sp³-hybridized carbons (Fsp3) is 0.0137. The number of rotatable bonds is 8. The molecule has 0 N–H and O–H groups in total. The number of nitrogens with zero attached hydrogens (tertiary/aromatic N) is 2. The third-order valence-electron chi connectivity index (χ3n) is 16.3. The highest BCUT2D eigenvalue weighted by Crippen LogP contribution is 2.57. The van der Waals surface area contributed by atoms with Crippen LogP contribution in [0.25, 0.3) is 101 Å². The molecule has 0 bridgehead atoms. The second-order valence-electron chi connectivity index (χ2n) is 20.3. The summed E-state index contributed by atoms with van der Waals surface area (Å²) in [5.74, 6) is 0. The SMILES string of the molecule is c1ccc(-c2ccc(N(c3ccc(-c4cc5c6ccccc6n(-c6ccc7sc8ccccc8c7c6)c5c5c4sc4ccccc45)cc3)c3ccc4c(c3)C(c3ccccc3)(c3ccccc3)c3ccccc3-4)cc2)cc1. The molecule has 3 heterocycles. The summed E-state index contributed by atoms with van der Waals surface area (Å²) >= 11 is 3.77. The Morgan fingerprint density at radius 1 is 0.325 bits per heavy atom. The molecule has 1 aliphatic carbocycles. The van der Waals surface area contributed by atoms with E-state index >= 15 is 0 Å². The van der Waals surface area contributed by atoms with Crippen LogP contribution in [0.3, 0.4) is 0 Å². The van der Waals surface area contributed by atoms with Crippen LogP contribution < -0.4 is 4.90 Å². The summed E-state index contributed by atoms with van der Waals surface area (Å²) in [6, 6.07) is 104. The Morgan fingerprint density at radius 3 is 1.60 bits per heavy atom. The molecule has 12 aromatic carbocycles. The number of benzene rings is 12. The van der Waals surface area contributed by atoms with E-state index in [-0.39, 0.29) is 0 Å². The predicted molar refractivity (Wildman–Crippen MR) is 329 cm³/mol. The minimum absolute atomic E-state index is 0.528. The van der Waals surface area contributed by atoms with Gasteiger partial charge in [-0.1, -0.05) is 200 Å². The van der Waals surface area contributed by atoms with Crippen LogP contribution in [0.15, 0.2) is 279 Å². The Labute approximate surface area is 454 Å². The highest BCUT2D eigenvalue weighted by Gasteiger charge is 2.46. The molecule has 15 aromatic rings. The van der Waals surface area contributed by atoms with Crippen molar-refractivity contribution in [1.29, 1.82) is 0 Å². The maximum absolute atomic E-state index is 2.53. The zero-order chi connectivity index (χ0) is 50.6. The molecule has 4 heteroatoms. The van der Waals surface area contributed by atoms with Gasteiger partial charge in [0.15, 0.2) is 0 Å². The molecule has 77 heavy (non-hydrogen) atoms.